The van der Waals surface area contributed by atoms with Crippen molar-refractivity contribution in [3.63, 3.8) is 0 Å². The molecule has 166 valence electrons. The van der Waals surface area contributed by atoms with Crippen LogP contribution in [-0.4, -0.2) is 30.1 Å². The van der Waals surface area contributed by atoms with Gasteiger partial charge in [0, 0.05) is 17.2 Å². The minimum atomic E-state index is -5.97. The van der Waals surface area contributed by atoms with Crippen molar-refractivity contribution in [1.29, 1.82) is 0 Å². The Labute approximate surface area is 179 Å². The number of carboxylic acids is 1. The highest BCUT2D eigenvalue weighted by molar-refractivity contribution is 7.87. The average Bonchev–Trinajstić information content (AvgIpc) is 2.72. The predicted octanol–water partition coefficient (Wildman–Crippen LogP) is 4.82. The summed E-state index contributed by atoms with van der Waals surface area (Å²) in [5.41, 5.74) is -5.05. The van der Waals surface area contributed by atoms with Gasteiger partial charge in [-0.25, -0.2) is 8.98 Å². The lowest BCUT2D eigenvalue weighted by atomic mass is 9.93. The molecular formula is C21H13F3O7S. The van der Waals surface area contributed by atoms with Crippen LogP contribution in [0.15, 0.2) is 60.7 Å². The van der Waals surface area contributed by atoms with E-state index >= 15 is 0 Å². The summed E-state index contributed by atoms with van der Waals surface area (Å²) in [4.78, 5) is 11.5. The number of phenolic OH excluding ortho intramolecular Hbond substituents is 1. The van der Waals surface area contributed by atoms with Crippen LogP contribution in [-0.2, 0) is 14.3 Å². The fourth-order valence-corrected chi connectivity index (χ4v) is 3.90. The number of aromatic hydroxyl groups is 1. The number of hydrogen-bond donors (Lipinski definition) is 2. The molecule has 1 aliphatic rings. The van der Waals surface area contributed by atoms with E-state index in [1.54, 1.807) is 6.07 Å². The van der Waals surface area contributed by atoms with Crippen LogP contribution >= 0.6 is 0 Å². The Balaban J connectivity index is 1.86. The molecule has 0 aliphatic carbocycles. The van der Waals surface area contributed by atoms with Crippen LogP contribution in [0.1, 0.15) is 27.6 Å². The van der Waals surface area contributed by atoms with Crippen molar-refractivity contribution in [2.75, 3.05) is 0 Å². The van der Waals surface area contributed by atoms with Crippen LogP contribution in [0, 0.1) is 0 Å². The number of fused-ring (bicyclic) bond motifs is 2. The van der Waals surface area contributed by atoms with Gasteiger partial charge in [0.05, 0.1) is 5.56 Å². The second-order valence-electron chi connectivity index (χ2n) is 6.80. The van der Waals surface area contributed by atoms with Crippen LogP contribution in [0.5, 0.6) is 17.2 Å². The van der Waals surface area contributed by atoms with E-state index in [2.05, 4.69) is 4.18 Å². The lowest BCUT2D eigenvalue weighted by Crippen LogP contribution is -2.28. The first-order valence-electron chi connectivity index (χ1n) is 8.95. The van der Waals surface area contributed by atoms with E-state index in [0.717, 1.165) is 12.1 Å². The number of carboxylic acid groups (broad SMARTS) is 1. The fourth-order valence-electron chi connectivity index (χ4n) is 3.33. The van der Waals surface area contributed by atoms with Gasteiger partial charge in [-0.15, -0.1) is 0 Å². The zero-order valence-corrected chi connectivity index (χ0v) is 16.6. The molecule has 0 amide bonds. The molecule has 0 radical (unpaired) electrons. The van der Waals surface area contributed by atoms with Gasteiger partial charge in [-0.1, -0.05) is 30.3 Å². The summed E-state index contributed by atoms with van der Waals surface area (Å²) < 4.78 is 72.6. The minimum absolute atomic E-state index is 0.0197. The molecule has 1 unspecified atom stereocenters. The van der Waals surface area contributed by atoms with Gasteiger partial charge in [-0.05, 0) is 35.4 Å². The van der Waals surface area contributed by atoms with Crippen molar-refractivity contribution in [1.82, 2.24) is 0 Å². The largest absolute Gasteiger partial charge is 0.523 e. The highest BCUT2D eigenvalue weighted by atomic mass is 32.2. The topological polar surface area (TPSA) is 110 Å². The molecule has 2 N–H and O–H groups in total. The third-order valence-corrected chi connectivity index (χ3v) is 5.78. The molecule has 7 nitrogen and oxygen atoms in total. The van der Waals surface area contributed by atoms with Crippen LogP contribution in [0.3, 0.4) is 0 Å². The highest BCUT2D eigenvalue weighted by Crippen LogP contribution is 2.48. The standard InChI is InChI=1S/C21H13F3O7S/c22-21(23,24)32(28,29)31-19-15-7-5-11(13-3-1-2-4-14(13)20(26)27)9-17(15)30-18-10-12(25)6-8-16(18)19/h1-10,19,25H,(H,26,27). The van der Waals surface area contributed by atoms with Crippen molar-refractivity contribution in [3.8, 4) is 28.4 Å². The maximum absolute atomic E-state index is 13.0. The summed E-state index contributed by atoms with van der Waals surface area (Å²) in [5.74, 6) is -1.62. The van der Waals surface area contributed by atoms with Gasteiger partial charge in [0.25, 0.3) is 0 Å². The lowest BCUT2D eigenvalue weighted by Gasteiger charge is -2.28. The summed E-state index contributed by atoms with van der Waals surface area (Å²) in [6, 6.07) is 13.6. The Morgan fingerprint density at radius 1 is 0.969 bits per heavy atom. The molecule has 1 atom stereocenters. The number of phenols is 1. The summed E-state index contributed by atoms with van der Waals surface area (Å²) in [7, 11) is -5.97. The molecule has 0 aromatic heterocycles. The number of rotatable bonds is 4. The number of ether oxygens (including phenoxy) is 1. The van der Waals surface area contributed by atoms with Crippen molar-refractivity contribution < 1.29 is 45.5 Å². The molecule has 32 heavy (non-hydrogen) atoms. The van der Waals surface area contributed by atoms with Gasteiger partial charge in [-0.2, -0.15) is 21.6 Å². The van der Waals surface area contributed by atoms with Crippen LogP contribution < -0.4 is 4.74 Å². The van der Waals surface area contributed by atoms with Gasteiger partial charge in [0.2, 0.25) is 0 Å². The number of carbonyl (C=O) groups is 1. The predicted molar refractivity (Wildman–Crippen MR) is 105 cm³/mol. The molecule has 4 rings (SSSR count). The van der Waals surface area contributed by atoms with Crippen molar-refractivity contribution in [3.05, 3.63) is 77.4 Å². The Hall–Kier alpha value is -3.57. The molecule has 1 heterocycles. The van der Waals surface area contributed by atoms with Crippen LogP contribution in [0.4, 0.5) is 13.2 Å². The molecule has 0 bridgehead atoms. The Morgan fingerprint density at radius 3 is 2.25 bits per heavy atom. The number of aromatic carboxylic acids is 1. The molecule has 1 aliphatic heterocycles. The van der Waals surface area contributed by atoms with Gasteiger partial charge in [-0.3, -0.25) is 0 Å². The van der Waals surface area contributed by atoms with Crippen LogP contribution in [0.2, 0.25) is 0 Å². The van der Waals surface area contributed by atoms with Crippen molar-refractivity contribution >= 4 is 16.1 Å². The maximum Gasteiger partial charge on any atom is 0.523 e. The number of alkyl halides is 3. The molecule has 11 heteroatoms. The molecular weight excluding hydrogens is 453 g/mol. The fraction of sp³-hybridized carbons (Fsp3) is 0.0952. The maximum atomic E-state index is 13.0. The first kappa shape index (κ1) is 21.7. The zero-order chi connectivity index (χ0) is 23.3. The quantitative estimate of drug-likeness (QED) is 0.419. The second-order valence-corrected chi connectivity index (χ2v) is 8.37. The third-order valence-electron chi connectivity index (χ3n) is 4.77. The third kappa shape index (κ3) is 3.76. The Kier molecular flexibility index (Phi) is 5.10. The Bertz CT molecular complexity index is 1330. The van der Waals surface area contributed by atoms with E-state index < -0.39 is 27.7 Å². The molecule has 0 saturated heterocycles. The van der Waals surface area contributed by atoms with Gasteiger partial charge < -0.3 is 14.9 Å². The summed E-state index contributed by atoms with van der Waals surface area (Å²) in [5, 5.41) is 19.1. The molecule has 0 fully saturated rings. The first-order chi connectivity index (χ1) is 15.0. The minimum Gasteiger partial charge on any atom is -0.508 e. The Morgan fingerprint density at radius 2 is 1.59 bits per heavy atom. The summed E-state index contributed by atoms with van der Waals surface area (Å²) in [6.07, 6.45) is -1.70. The number of benzene rings is 3. The molecule has 0 spiro atoms. The summed E-state index contributed by atoms with van der Waals surface area (Å²) >= 11 is 0. The van der Waals surface area contributed by atoms with E-state index in [1.165, 1.54) is 42.5 Å². The summed E-state index contributed by atoms with van der Waals surface area (Å²) in [6.45, 7) is 0. The average molecular weight is 466 g/mol. The van der Waals surface area contributed by atoms with Gasteiger partial charge in [0.15, 0.2) is 0 Å². The normalized spacial score (nSPS) is 15.4. The SMILES string of the molecule is O=C(O)c1ccccc1-c1ccc2c(c1)Oc1cc(O)ccc1C2OS(=O)(=O)C(F)(F)F. The van der Waals surface area contributed by atoms with E-state index in [4.69, 9.17) is 4.74 Å². The number of hydrogen-bond acceptors (Lipinski definition) is 6. The van der Waals surface area contributed by atoms with Crippen molar-refractivity contribution in [2.45, 2.75) is 11.6 Å². The highest BCUT2D eigenvalue weighted by Gasteiger charge is 2.50. The molecule has 3 aromatic rings. The van der Waals surface area contributed by atoms with Gasteiger partial charge in [0.1, 0.15) is 23.4 Å². The zero-order valence-electron chi connectivity index (χ0n) is 15.8. The van der Waals surface area contributed by atoms with E-state index in [1.807, 2.05) is 0 Å². The number of halogens is 3. The monoisotopic (exact) mass is 466 g/mol. The van der Waals surface area contributed by atoms with Gasteiger partial charge >= 0.3 is 21.6 Å². The first-order valence-corrected chi connectivity index (χ1v) is 10.4. The van der Waals surface area contributed by atoms with E-state index in [9.17, 15) is 36.6 Å². The lowest BCUT2D eigenvalue weighted by molar-refractivity contribution is -0.0565. The smallest absolute Gasteiger partial charge is 0.508 e. The van der Waals surface area contributed by atoms with Crippen LogP contribution in [0.25, 0.3) is 11.1 Å². The second kappa shape index (κ2) is 7.53. The van der Waals surface area contributed by atoms with E-state index in [0.29, 0.717) is 11.1 Å². The molecule has 3 aromatic carbocycles. The molecule has 0 saturated carbocycles. The van der Waals surface area contributed by atoms with Crippen molar-refractivity contribution in [2.24, 2.45) is 0 Å². The van der Waals surface area contributed by atoms with E-state index in [-0.39, 0.29) is 33.9 Å².